The van der Waals surface area contributed by atoms with Crippen molar-refractivity contribution in [2.75, 3.05) is 31.9 Å². The van der Waals surface area contributed by atoms with E-state index < -0.39 is 0 Å². The van der Waals surface area contributed by atoms with E-state index in [9.17, 15) is 4.79 Å². The quantitative estimate of drug-likeness (QED) is 0.499. The molecule has 4 rings (SSSR count). The van der Waals surface area contributed by atoms with Crippen molar-refractivity contribution in [1.29, 1.82) is 0 Å². The number of oxime groups is 1. The van der Waals surface area contributed by atoms with E-state index in [1.807, 2.05) is 44.2 Å². The predicted molar refractivity (Wildman–Crippen MR) is 133 cm³/mol. The molecule has 2 N–H and O–H groups in total. The van der Waals surface area contributed by atoms with Crippen LogP contribution in [0.2, 0.25) is 0 Å². The van der Waals surface area contributed by atoms with Crippen LogP contribution in [0.3, 0.4) is 0 Å². The third-order valence-electron chi connectivity index (χ3n) is 6.67. The van der Waals surface area contributed by atoms with Crippen molar-refractivity contribution in [3.05, 3.63) is 54.0 Å². The summed E-state index contributed by atoms with van der Waals surface area (Å²) in [7, 11) is 0. The van der Waals surface area contributed by atoms with Crippen molar-refractivity contribution in [3.63, 3.8) is 0 Å². The topological polar surface area (TPSA) is 96.9 Å². The lowest BCUT2D eigenvalue weighted by Crippen LogP contribution is -2.46. The maximum Gasteiger partial charge on any atom is 0.225 e. The number of amides is 1. The standard InChI is InChI=1S/C26H36N6O2/c1-19(2)34-30-25(23-5-3-4-11-28-23)21-9-15-32(16-10-21)26(33)22-7-13-31(14-8-22)18-20-6-12-29-24(27)17-20/h3-6,11-12,17,19,21-22H,7-10,13-16,18H2,1-2H3,(H2,27,29). The van der Waals surface area contributed by atoms with Crippen LogP contribution in [0.1, 0.15) is 50.8 Å². The van der Waals surface area contributed by atoms with E-state index in [0.717, 1.165) is 69.8 Å². The number of carbonyl (C=O) groups excluding carboxylic acids is 1. The molecule has 0 aromatic carbocycles. The highest BCUT2D eigenvalue weighted by Crippen LogP contribution is 2.27. The van der Waals surface area contributed by atoms with Gasteiger partial charge in [0.1, 0.15) is 17.6 Å². The number of likely N-dealkylation sites (tertiary alicyclic amines) is 2. The molecule has 2 saturated heterocycles. The molecule has 8 heteroatoms. The smallest absolute Gasteiger partial charge is 0.225 e. The highest BCUT2D eigenvalue weighted by Gasteiger charge is 2.32. The van der Waals surface area contributed by atoms with Crippen molar-refractivity contribution >= 4 is 17.4 Å². The van der Waals surface area contributed by atoms with Gasteiger partial charge in [0.15, 0.2) is 0 Å². The van der Waals surface area contributed by atoms with Gasteiger partial charge in [-0.15, -0.1) is 0 Å². The van der Waals surface area contributed by atoms with Gasteiger partial charge in [-0.05, 0) is 82.4 Å². The van der Waals surface area contributed by atoms with Crippen LogP contribution in [0.4, 0.5) is 5.82 Å². The Morgan fingerprint density at radius 2 is 1.79 bits per heavy atom. The van der Waals surface area contributed by atoms with Gasteiger partial charge in [0.25, 0.3) is 0 Å². The maximum absolute atomic E-state index is 13.2. The Balaban J connectivity index is 1.29. The largest absolute Gasteiger partial charge is 0.393 e. The first-order chi connectivity index (χ1) is 16.5. The third-order valence-corrected chi connectivity index (χ3v) is 6.67. The number of piperidine rings is 2. The Hall–Kier alpha value is -3.00. The van der Waals surface area contributed by atoms with E-state index in [0.29, 0.717) is 11.7 Å². The number of pyridine rings is 2. The minimum absolute atomic E-state index is 0.0159. The highest BCUT2D eigenvalue weighted by atomic mass is 16.6. The molecule has 0 spiro atoms. The molecule has 0 aliphatic carbocycles. The van der Waals surface area contributed by atoms with Gasteiger partial charge in [0, 0.05) is 43.9 Å². The third kappa shape index (κ3) is 6.32. The van der Waals surface area contributed by atoms with Crippen molar-refractivity contribution in [3.8, 4) is 0 Å². The first-order valence-electron chi connectivity index (χ1n) is 12.4. The van der Waals surface area contributed by atoms with Gasteiger partial charge in [0.05, 0.1) is 5.69 Å². The summed E-state index contributed by atoms with van der Waals surface area (Å²) in [5.41, 5.74) is 8.73. The Labute approximate surface area is 202 Å². The number of nitrogen functional groups attached to an aromatic ring is 1. The molecule has 182 valence electrons. The Kier molecular flexibility index (Phi) is 8.11. The van der Waals surface area contributed by atoms with Gasteiger partial charge in [-0.1, -0.05) is 11.2 Å². The molecule has 2 aromatic heterocycles. The van der Waals surface area contributed by atoms with E-state index in [1.165, 1.54) is 5.56 Å². The minimum atomic E-state index is 0.0159. The van der Waals surface area contributed by atoms with Crippen LogP contribution >= 0.6 is 0 Å². The highest BCUT2D eigenvalue weighted by molar-refractivity contribution is 6.00. The molecule has 0 unspecified atom stereocenters. The molecule has 8 nitrogen and oxygen atoms in total. The summed E-state index contributed by atoms with van der Waals surface area (Å²) in [5, 5.41) is 4.46. The van der Waals surface area contributed by atoms with Gasteiger partial charge in [-0.2, -0.15) is 0 Å². The van der Waals surface area contributed by atoms with Crippen LogP contribution in [0, 0.1) is 11.8 Å². The second-order valence-corrected chi connectivity index (χ2v) is 9.58. The number of nitrogens with two attached hydrogens (primary N) is 1. The molecular formula is C26H36N6O2. The molecule has 2 fully saturated rings. The summed E-state index contributed by atoms with van der Waals surface area (Å²) in [6, 6.07) is 9.79. The minimum Gasteiger partial charge on any atom is -0.393 e. The van der Waals surface area contributed by atoms with E-state index in [-0.39, 0.29) is 17.9 Å². The number of rotatable bonds is 7. The van der Waals surface area contributed by atoms with Gasteiger partial charge in [-0.3, -0.25) is 14.7 Å². The molecule has 2 aliphatic rings. The monoisotopic (exact) mass is 464 g/mol. The lowest BCUT2D eigenvalue weighted by molar-refractivity contribution is -0.138. The van der Waals surface area contributed by atoms with Crippen LogP contribution < -0.4 is 5.73 Å². The van der Waals surface area contributed by atoms with Crippen molar-refractivity contribution in [1.82, 2.24) is 19.8 Å². The fourth-order valence-corrected chi connectivity index (χ4v) is 4.83. The Morgan fingerprint density at radius 1 is 1.06 bits per heavy atom. The van der Waals surface area contributed by atoms with Crippen LogP contribution in [0.5, 0.6) is 0 Å². The first-order valence-corrected chi connectivity index (χ1v) is 12.4. The zero-order chi connectivity index (χ0) is 23.9. The molecule has 1 amide bonds. The molecule has 34 heavy (non-hydrogen) atoms. The summed E-state index contributed by atoms with van der Waals surface area (Å²) >= 11 is 0. The SMILES string of the molecule is CC(C)ON=C(c1ccccn1)C1CCN(C(=O)C2CCN(Cc3ccnc(N)c3)CC2)CC1. The summed E-state index contributed by atoms with van der Waals surface area (Å²) < 4.78 is 0. The molecular weight excluding hydrogens is 428 g/mol. The van der Waals surface area contributed by atoms with E-state index in [4.69, 9.17) is 10.6 Å². The second kappa shape index (κ2) is 11.4. The number of hydrogen-bond acceptors (Lipinski definition) is 7. The molecule has 0 radical (unpaired) electrons. The Bertz CT molecular complexity index is 964. The average molecular weight is 465 g/mol. The van der Waals surface area contributed by atoms with Gasteiger partial charge < -0.3 is 15.5 Å². The molecule has 0 bridgehead atoms. The molecule has 0 atom stereocenters. The second-order valence-electron chi connectivity index (χ2n) is 9.58. The number of anilines is 1. The van der Waals surface area contributed by atoms with Gasteiger partial charge in [0.2, 0.25) is 5.91 Å². The van der Waals surface area contributed by atoms with E-state index >= 15 is 0 Å². The maximum atomic E-state index is 13.2. The molecule has 0 saturated carbocycles. The number of aromatic nitrogens is 2. The summed E-state index contributed by atoms with van der Waals surface area (Å²) in [6.45, 7) is 8.17. The zero-order valence-corrected chi connectivity index (χ0v) is 20.3. The molecule has 2 aliphatic heterocycles. The number of carbonyl (C=O) groups is 1. The van der Waals surface area contributed by atoms with Crippen molar-refractivity contribution in [2.45, 2.75) is 52.2 Å². The zero-order valence-electron chi connectivity index (χ0n) is 20.3. The molecule has 2 aromatic rings. The fourth-order valence-electron chi connectivity index (χ4n) is 4.83. The summed E-state index contributed by atoms with van der Waals surface area (Å²) in [6.07, 6.45) is 7.13. The van der Waals surface area contributed by atoms with Gasteiger partial charge >= 0.3 is 0 Å². The average Bonchev–Trinajstić information content (AvgIpc) is 2.85. The normalized spacial score (nSPS) is 18.9. The van der Waals surface area contributed by atoms with Crippen molar-refractivity contribution in [2.24, 2.45) is 17.0 Å². The lowest BCUT2D eigenvalue weighted by atomic mass is 9.88. The first kappa shape index (κ1) is 24.1. The number of hydrogen-bond donors (Lipinski definition) is 1. The Morgan fingerprint density at radius 3 is 2.44 bits per heavy atom. The van der Waals surface area contributed by atoms with Gasteiger partial charge in [-0.25, -0.2) is 4.98 Å². The summed E-state index contributed by atoms with van der Waals surface area (Å²) in [4.78, 5) is 31.8. The van der Waals surface area contributed by atoms with Crippen LogP contribution in [0.15, 0.2) is 47.9 Å². The number of nitrogens with zero attached hydrogens (tertiary/aromatic N) is 5. The molecule has 4 heterocycles. The van der Waals surface area contributed by atoms with E-state index in [1.54, 1.807) is 12.4 Å². The predicted octanol–water partition coefficient (Wildman–Crippen LogP) is 3.34. The van der Waals surface area contributed by atoms with Crippen LogP contribution in [-0.4, -0.2) is 63.7 Å². The lowest BCUT2D eigenvalue weighted by Gasteiger charge is -2.37. The van der Waals surface area contributed by atoms with E-state index in [2.05, 4.69) is 24.9 Å². The van der Waals surface area contributed by atoms with Crippen LogP contribution in [-0.2, 0) is 16.2 Å². The fraction of sp³-hybridized carbons (Fsp3) is 0.538. The van der Waals surface area contributed by atoms with Crippen LogP contribution in [0.25, 0.3) is 0 Å². The summed E-state index contributed by atoms with van der Waals surface area (Å²) in [5.74, 6) is 1.22. The van der Waals surface area contributed by atoms with Crippen molar-refractivity contribution < 1.29 is 9.63 Å².